The van der Waals surface area contributed by atoms with Crippen LogP contribution in [0.4, 0.5) is 0 Å². The van der Waals surface area contributed by atoms with Crippen molar-refractivity contribution in [1.29, 1.82) is 0 Å². The Morgan fingerprint density at radius 1 is 0.846 bits per heavy atom. The second-order valence-electron chi connectivity index (χ2n) is 6.17. The molecule has 1 aromatic rings. The van der Waals surface area contributed by atoms with Gasteiger partial charge in [-0.3, -0.25) is 0 Å². The number of aromatic carboxylic acids is 2. The van der Waals surface area contributed by atoms with E-state index in [0.717, 1.165) is 31.2 Å². The van der Waals surface area contributed by atoms with Crippen LogP contribution in [-0.4, -0.2) is 48.6 Å². The predicted octanol–water partition coefficient (Wildman–Crippen LogP) is 3.80. The Morgan fingerprint density at radius 3 is 1.92 bits per heavy atom. The van der Waals surface area contributed by atoms with Crippen molar-refractivity contribution in [2.75, 3.05) is 26.4 Å². The summed E-state index contributed by atoms with van der Waals surface area (Å²) in [6.45, 7) is 6.29. The van der Waals surface area contributed by atoms with Crippen LogP contribution in [0.2, 0.25) is 0 Å². The first kappa shape index (κ1) is 22.1. The second kappa shape index (κ2) is 12.4. The van der Waals surface area contributed by atoms with Crippen molar-refractivity contribution in [3.8, 4) is 0 Å². The van der Waals surface area contributed by atoms with Crippen LogP contribution in [0.3, 0.4) is 0 Å². The fourth-order valence-electron chi connectivity index (χ4n) is 2.69. The Morgan fingerprint density at radius 2 is 1.42 bits per heavy atom. The zero-order valence-electron chi connectivity index (χ0n) is 15.8. The van der Waals surface area contributed by atoms with Crippen LogP contribution < -0.4 is 0 Å². The first-order chi connectivity index (χ1) is 12.5. The molecule has 0 amide bonds. The van der Waals surface area contributed by atoms with E-state index < -0.39 is 11.9 Å². The largest absolute Gasteiger partial charge is 0.478 e. The molecule has 0 fully saturated rings. The monoisotopic (exact) mass is 366 g/mol. The van der Waals surface area contributed by atoms with Crippen molar-refractivity contribution in [1.82, 2.24) is 0 Å². The van der Waals surface area contributed by atoms with Gasteiger partial charge in [-0.1, -0.05) is 32.8 Å². The van der Waals surface area contributed by atoms with Gasteiger partial charge in [-0.15, -0.1) is 0 Å². The van der Waals surface area contributed by atoms with Gasteiger partial charge < -0.3 is 19.7 Å². The minimum atomic E-state index is -1.23. The normalized spacial score (nSPS) is 10.8. The molecule has 0 unspecified atom stereocenters. The van der Waals surface area contributed by atoms with Crippen molar-refractivity contribution in [3.63, 3.8) is 0 Å². The van der Waals surface area contributed by atoms with Gasteiger partial charge in [0.15, 0.2) is 0 Å². The molecule has 1 rings (SSSR count). The summed E-state index contributed by atoms with van der Waals surface area (Å²) in [5, 5.41) is 18.9. The van der Waals surface area contributed by atoms with Crippen LogP contribution in [0.25, 0.3) is 0 Å². The second-order valence-corrected chi connectivity index (χ2v) is 6.17. The summed E-state index contributed by atoms with van der Waals surface area (Å²) in [5.74, 6) is -2.46. The first-order valence-electron chi connectivity index (χ1n) is 9.29. The van der Waals surface area contributed by atoms with E-state index >= 15 is 0 Å². The van der Waals surface area contributed by atoms with Crippen LogP contribution in [0, 0.1) is 0 Å². The molecule has 0 spiro atoms. The molecular formula is C20H30O6. The average Bonchev–Trinajstić information content (AvgIpc) is 2.61. The van der Waals surface area contributed by atoms with E-state index in [2.05, 4.69) is 13.8 Å². The highest BCUT2D eigenvalue weighted by atomic mass is 16.5. The van der Waals surface area contributed by atoms with Crippen molar-refractivity contribution in [2.45, 2.75) is 52.4 Å². The number of hydrogen-bond acceptors (Lipinski definition) is 4. The molecule has 6 heteroatoms. The van der Waals surface area contributed by atoms with Crippen LogP contribution in [0.1, 0.15) is 71.4 Å². The van der Waals surface area contributed by atoms with E-state index in [1.807, 2.05) is 0 Å². The van der Waals surface area contributed by atoms with E-state index in [1.54, 1.807) is 6.07 Å². The van der Waals surface area contributed by atoms with Gasteiger partial charge in [0.2, 0.25) is 0 Å². The molecule has 6 nitrogen and oxygen atoms in total. The third-order valence-electron chi connectivity index (χ3n) is 4.15. The minimum Gasteiger partial charge on any atom is -0.478 e. The number of hydrogen-bond donors (Lipinski definition) is 2. The van der Waals surface area contributed by atoms with Crippen LogP contribution >= 0.6 is 0 Å². The molecule has 0 bridgehead atoms. The third-order valence-corrected chi connectivity index (χ3v) is 4.15. The molecule has 0 aromatic heterocycles. The van der Waals surface area contributed by atoms with E-state index in [4.69, 9.17) is 9.47 Å². The summed E-state index contributed by atoms with van der Waals surface area (Å²) in [6, 6.07) is 3.06. The van der Waals surface area contributed by atoms with Crippen molar-refractivity contribution in [2.24, 2.45) is 0 Å². The van der Waals surface area contributed by atoms with Crippen molar-refractivity contribution < 1.29 is 29.3 Å². The zero-order valence-corrected chi connectivity index (χ0v) is 15.8. The molecule has 146 valence electrons. The summed E-state index contributed by atoms with van der Waals surface area (Å²) in [7, 11) is 0. The Bertz CT molecular complexity index is 582. The molecule has 0 saturated heterocycles. The lowest BCUT2D eigenvalue weighted by Crippen LogP contribution is -2.16. The number of rotatable bonds is 14. The minimum absolute atomic E-state index is 0.136. The van der Waals surface area contributed by atoms with Gasteiger partial charge in [-0.25, -0.2) is 9.59 Å². The standard InChI is InChI=1S/C20H30O6/c1-3-5-11-25-13-9-15-7-8-17(19(21)22)18(20(23)24)16(15)10-14-26-12-6-4-2/h7-8H,3-6,9-14H2,1-2H3,(H,21,22)(H,23,24). The summed E-state index contributed by atoms with van der Waals surface area (Å²) < 4.78 is 11.1. The smallest absolute Gasteiger partial charge is 0.336 e. The van der Waals surface area contributed by atoms with Gasteiger partial charge in [0.1, 0.15) is 0 Å². The maximum Gasteiger partial charge on any atom is 0.336 e. The highest BCUT2D eigenvalue weighted by Crippen LogP contribution is 2.22. The lowest BCUT2D eigenvalue weighted by molar-refractivity contribution is 0.0649. The molecule has 1 aromatic carbocycles. The molecule has 0 aliphatic carbocycles. The van der Waals surface area contributed by atoms with Gasteiger partial charge in [0.25, 0.3) is 0 Å². The van der Waals surface area contributed by atoms with Crippen LogP contribution in [-0.2, 0) is 22.3 Å². The Hall–Kier alpha value is -1.92. The fraction of sp³-hybridized carbons (Fsp3) is 0.600. The van der Waals surface area contributed by atoms with Crippen LogP contribution in [0.5, 0.6) is 0 Å². The summed E-state index contributed by atoms with van der Waals surface area (Å²) in [5.41, 5.74) is 1.02. The number of carboxylic acids is 2. The van der Waals surface area contributed by atoms with Gasteiger partial charge in [0, 0.05) is 13.2 Å². The topological polar surface area (TPSA) is 93.1 Å². The maximum atomic E-state index is 11.7. The summed E-state index contributed by atoms with van der Waals surface area (Å²) >= 11 is 0. The molecule has 0 radical (unpaired) electrons. The van der Waals surface area contributed by atoms with Crippen molar-refractivity contribution in [3.05, 3.63) is 34.4 Å². The summed E-state index contributed by atoms with van der Waals surface area (Å²) in [4.78, 5) is 23.1. The molecule has 2 N–H and O–H groups in total. The highest BCUT2D eigenvalue weighted by Gasteiger charge is 2.22. The van der Waals surface area contributed by atoms with Gasteiger partial charge in [0.05, 0.1) is 24.3 Å². The van der Waals surface area contributed by atoms with Gasteiger partial charge >= 0.3 is 11.9 Å². The number of carboxylic acid groups (broad SMARTS) is 2. The number of carbonyl (C=O) groups is 2. The SMILES string of the molecule is CCCCOCCc1ccc(C(=O)O)c(C(=O)O)c1CCOCCCC. The van der Waals surface area contributed by atoms with Crippen LogP contribution in [0.15, 0.2) is 12.1 Å². The first-order valence-corrected chi connectivity index (χ1v) is 9.29. The van der Waals surface area contributed by atoms with E-state index in [9.17, 15) is 19.8 Å². The predicted molar refractivity (Wildman–Crippen MR) is 99.2 cm³/mol. The number of benzene rings is 1. The Labute approximate surface area is 155 Å². The maximum absolute atomic E-state index is 11.7. The van der Waals surface area contributed by atoms with E-state index in [0.29, 0.717) is 44.8 Å². The molecular weight excluding hydrogens is 336 g/mol. The van der Waals surface area contributed by atoms with Gasteiger partial charge in [-0.2, -0.15) is 0 Å². The zero-order chi connectivity index (χ0) is 19.4. The van der Waals surface area contributed by atoms with E-state index in [1.165, 1.54) is 6.07 Å². The lowest BCUT2D eigenvalue weighted by atomic mass is 9.92. The summed E-state index contributed by atoms with van der Waals surface area (Å²) in [6.07, 6.45) is 4.92. The molecule has 26 heavy (non-hydrogen) atoms. The van der Waals surface area contributed by atoms with E-state index in [-0.39, 0.29) is 11.1 Å². The molecule has 0 heterocycles. The van der Waals surface area contributed by atoms with Crippen molar-refractivity contribution >= 4 is 11.9 Å². The number of ether oxygens (including phenoxy) is 2. The van der Waals surface area contributed by atoms with Gasteiger partial charge in [-0.05, 0) is 42.9 Å². The third kappa shape index (κ3) is 7.14. The molecule has 0 aliphatic heterocycles. The molecule has 0 saturated carbocycles. The Kier molecular flexibility index (Phi) is 10.6. The highest BCUT2D eigenvalue weighted by molar-refractivity contribution is 6.03. The Balaban J connectivity index is 2.96. The molecule has 0 atom stereocenters. The molecule has 0 aliphatic rings. The fourth-order valence-corrected chi connectivity index (χ4v) is 2.69. The quantitative estimate of drug-likeness (QED) is 0.487. The average molecular weight is 366 g/mol. The number of unbranched alkanes of at least 4 members (excludes halogenated alkanes) is 2. The lowest BCUT2D eigenvalue weighted by Gasteiger charge is -2.15.